The molecule has 1 amide bonds. The summed E-state index contributed by atoms with van der Waals surface area (Å²) in [5.74, 6) is -0.545. The fourth-order valence-electron chi connectivity index (χ4n) is 1.92. The van der Waals surface area contributed by atoms with Crippen molar-refractivity contribution in [1.29, 1.82) is 0 Å². The third-order valence-electron chi connectivity index (χ3n) is 3.13. The van der Waals surface area contributed by atoms with E-state index in [1.54, 1.807) is 12.1 Å². The lowest BCUT2D eigenvalue weighted by Gasteiger charge is -2.10. The molecule has 0 aliphatic rings. The van der Waals surface area contributed by atoms with E-state index in [1.807, 2.05) is 13.0 Å². The fourth-order valence-corrected chi connectivity index (χ4v) is 2.40. The van der Waals surface area contributed by atoms with E-state index in [1.165, 1.54) is 24.9 Å². The predicted octanol–water partition coefficient (Wildman–Crippen LogP) is 1.41. The Labute approximate surface area is 129 Å². The third kappa shape index (κ3) is 2.97. The summed E-state index contributed by atoms with van der Waals surface area (Å²) < 4.78 is 3.00. The van der Waals surface area contributed by atoms with Crippen LogP contribution >= 0.6 is 15.9 Å². The van der Waals surface area contributed by atoms with E-state index in [0.29, 0.717) is 5.69 Å². The fraction of sp³-hybridized carbons (Fsp3) is 0.214. The van der Waals surface area contributed by atoms with Crippen LogP contribution in [0.3, 0.4) is 0 Å². The molecule has 2 rings (SSSR count). The van der Waals surface area contributed by atoms with Gasteiger partial charge >= 0.3 is 5.69 Å². The number of halogens is 1. The first-order chi connectivity index (χ1) is 9.81. The molecule has 0 aliphatic carbocycles. The number of anilines is 1. The van der Waals surface area contributed by atoms with Gasteiger partial charge in [0.25, 0.3) is 11.5 Å². The van der Waals surface area contributed by atoms with E-state index in [2.05, 4.69) is 21.2 Å². The minimum Gasteiger partial charge on any atom is -0.322 e. The summed E-state index contributed by atoms with van der Waals surface area (Å²) >= 11 is 3.34. The van der Waals surface area contributed by atoms with Crippen LogP contribution in [0.15, 0.2) is 38.5 Å². The van der Waals surface area contributed by atoms with Gasteiger partial charge in [0.15, 0.2) is 0 Å². The van der Waals surface area contributed by atoms with Crippen molar-refractivity contribution in [2.75, 3.05) is 5.32 Å². The van der Waals surface area contributed by atoms with Gasteiger partial charge < -0.3 is 9.88 Å². The minimum atomic E-state index is -0.620. The maximum atomic E-state index is 12.2. The molecule has 1 heterocycles. The van der Waals surface area contributed by atoms with Crippen molar-refractivity contribution < 1.29 is 4.79 Å². The van der Waals surface area contributed by atoms with Crippen LogP contribution < -0.4 is 16.6 Å². The Morgan fingerprint density at radius 1 is 1.24 bits per heavy atom. The second-order valence-corrected chi connectivity index (χ2v) is 5.63. The van der Waals surface area contributed by atoms with Crippen molar-refractivity contribution in [1.82, 2.24) is 9.13 Å². The van der Waals surface area contributed by atoms with Crippen LogP contribution in [0, 0.1) is 6.92 Å². The van der Waals surface area contributed by atoms with Crippen LogP contribution in [0.2, 0.25) is 0 Å². The highest BCUT2D eigenvalue weighted by molar-refractivity contribution is 9.10. The van der Waals surface area contributed by atoms with Crippen molar-refractivity contribution in [2.45, 2.75) is 6.92 Å². The van der Waals surface area contributed by atoms with Gasteiger partial charge in [-0.2, -0.15) is 0 Å². The van der Waals surface area contributed by atoms with E-state index in [0.717, 1.165) is 14.6 Å². The normalized spacial score (nSPS) is 10.5. The molecule has 0 unspecified atom stereocenters. The number of carbonyl (C=O) groups excluding carboxylic acids is 1. The highest BCUT2D eigenvalue weighted by Gasteiger charge is 2.15. The van der Waals surface area contributed by atoms with Crippen LogP contribution in [0.4, 0.5) is 5.69 Å². The lowest BCUT2D eigenvalue weighted by molar-refractivity contribution is 0.102. The Kier molecular flexibility index (Phi) is 4.13. The summed E-state index contributed by atoms with van der Waals surface area (Å²) in [5, 5.41) is 2.68. The Hall–Kier alpha value is -2.15. The molecule has 0 fully saturated rings. The molecular formula is C14H14BrN3O3. The highest BCUT2D eigenvalue weighted by atomic mass is 79.9. The van der Waals surface area contributed by atoms with Gasteiger partial charge in [-0.15, -0.1) is 0 Å². The largest absolute Gasteiger partial charge is 0.330 e. The number of nitrogens with one attached hydrogen (secondary N) is 1. The number of hydrogen-bond donors (Lipinski definition) is 1. The molecule has 2 aromatic rings. The molecule has 7 heteroatoms. The van der Waals surface area contributed by atoms with E-state index >= 15 is 0 Å². The number of hydrogen-bond acceptors (Lipinski definition) is 3. The van der Waals surface area contributed by atoms with Gasteiger partial charge in [-0.1, -0.05) is 15.9 Å². The van der Waals surface area contributed by atoms with Crippen LogP contribution in [-0.4, -0.2) is 15.0 Å². The van der Waals surface area contributed by atoms with Gasteiger partial charge in [0.1, 0.15) is 5.56 Å². The standard InChI is InChI=1S/C14H14BrN3O3/c1-8-6-9(15)4-5-11(8)16-12(19)10-7-17(2)14(21)18(3)13(10)20/h4-7H,1-3H3,(H,16,19). The summed E-state index contributed by atoms with van der Waals surface area (Å²) in [5.41, 5.74) is 0.294. The van der Waals surface area contributed by atoms with Gasteiger partial charge in [-0.3, -0.25) is 14.2 Å². The highest BCUT2D eigenvalue weighted by Crippen LogP contribution is 2.20. The van der Waals surface area contributed by atoms with Crippen LogP contribution in [0.5, 0.6) is 0 Å². The molecule has 0 spiro atoms. The van der Waals surface area contributed by atoms with Crippen molar-refractivity contribution in [3.05, 3.63) is 60.8 Å². The summed E-state index contributed by atoms with van der Waals surface area (Å²) in [7, 11) is 2.83. The van der Waals surface area contributed by atoms with Gasteiger partial charge in [-0.05, 0) is 30.7 Å². The molecular weight excluding hydrogens is 338 g/mol. The molecule has 0 atom stereocenters. The Morgan fingerprint density at radius 2 is 1.90 bits per heavy atom. The number of rotatable bonds is 2. The lowest BCUT2D eigenvalue weighted by Crippen LogP contribution is -2.40. The monoisotopic (exact) mass is 351 g/mol. The van der Waals surface area contributed by atoms with Gasteiger partial charge in [0.2, 0.25) is 0 Å². The first-order valence-corrected chi connectivity index (χ1v) is 6.94. The van der Waals surface area contributed by atoms with E-state index in [-0.39, 0.29) is 5.56 Å². The van der Waals surface area contributed by atoms with E-state index < -0.39 is 17.2 Å². The van der Waals surface area contributed by atoms with Gasteiger partial charge in [-0.25, -0.2) is 4.79 Å². The number of carbonyl (C=O) groups is 1. The van der Waals surface area contributed by atoms with Gasteiger partial charge in [0, 0.05) is 30.5 Å². The lowest BCUT2D eigenvalue weighted by atomic mass is 10.2. The molecule has 0 radical (unpaired) electrons. The number of amides is 1. The zero-order chi connectivity index (χ0) is 15.7. The molecule has 1 aromatic heterocycles. The Bertz CT molecular complexity index is 836. The first kappa shape index (κ1) is 15.2. The summed E-state index contributed by atoms with van der Waals surface area (Å²) in [4.78, 5) is 35.8. The molecule has 0 aliphatic heterocycles. The van der Waals surface area contributed by atoms with Crippen molar-refractivity contribution in [3.63, 3.8) is 0 Å². The van der Waals surface area contributed by atoms with Crippen LogP contribution in [-0.2, 0) is 14.1 Å². The molecule has 1 aromatic carbocycles. The smallest absolute Gasteiger partial charge is 0.322 e. The molecule has 1 N–H and O–H groups in total. The number of aromatic nitrogens is 2. The average molecular weight is 352 g/mol. The number of nitrogens with zero attached hydrogens (tertiary/aromatic N) is 2. The molecule has 110 valence electrons. The summed E-state index contributed by atoms with van der Waals surface area (Å²) in [6.45, 7) is 1.85. The minimum absolute atomic E-state index is 0.0816. The Balaban J connectivity index is 2.42. The van der Waals surface area contributed by atoms with Crippen molar-refractivity contribution >= 4 is 27.5 Å². The third-order valence-corrected chi connectivity index (χ3v) is 3.62. The topological polar surface area (TPSA) is 73.1 Å². The second-order valence-electron chi connectivity index (χ2n) is 4.71. The zero-order valence-electron chi connectivity index (χ0n) is 11.8. The Morgan fingerprint density at radius 3 is 2.52 bits per heavy atom. The zero-order valence-corrected chi connectivity index (χ0v) is 13.4. The quantitative estimate of drug-likeness (QED) is 0.888. The molecule has 0 bridgehead atoms. The van der Waals surface area contributed by atoms with E-state index in [9.17, 15) is 14.4 Å². The average Bonchev–Trinajstić information content (AvgIpc) is 2.43. The van der Waals surface area contributed by atoms with Crippen molar-refractivity contribution in [3.8, 4) is 0 Å². The maximum absolute atomic E-state index is 12.2. The van der Waals surface area contributed by atoms with Gasteiger partial charge in [0.05, 0.1) is 0 Å². The SMILES string of the molecule is Cc1cc(Br)ccc1NC(=O)c1cn(C)c(=O)n(C)c1=O. The first-order valence-electron chi connectivity index (χ1n) is 6.15. The number of benzene rings is 1. The summed E-state index contributed by atoms with van der Waals surface area (Å²) in [6.07, 6.45) is 1.24. The second kappa shape index (κ2) is 5.69. The number of aryl methyl sites for hydroxylation is 2. The molecule has 0 saturated carbocycles. The molecule has 0 saturated heterocycles. The van der Waals surface area contributed by atoms with Crippen LogP contribution in [0.25, 0.3) is 0 Å². The van der Waals surface area contributed by atoms with Crippen LogP contribution in [0.1, 0.15) is 15.9 Å². The predicted molar refractivity (Wildman–Crippen MR) is 83.8 cm³/mol. The van der Waals surface area contributed by atoms with Crippen molar-refractivity contribution in [2.24, 2.45) is 14.1 Å². The molecule has 6 nitrogen and oxygen atoms in total. The molecule has 21 heavy (non-hydrogen) atoms. The maximum Gasteiger partial charge on any atom is 0.330 e. The van der Waals surface area contributed by atoms with E-state index in [4.69, 9.17) is 0 Å². The summed E-state index contributed by atoms with van der Waals surface area (Å²) in [6, 6.07) is 5.39.